The number of ether oxygens (including phenoxy) is 1. The summed E-state index contributed by atoms with van der Waals surface area (Å²) >= 11 is 0. The second-order valence-electron chi connectivity index (χ2n) is 5.51. The minimum absolute atomic E-state index is 0.0621. The lowest BCUT2D eigenvalue weighted by Gasteiger charge is -2.42. The fourth-order valence-electron chi connectivity index (χ4n) is 3.36. The van der Waals surface area contributed by atoms with E-state index in [2.05, 4.69) is 31.2 Å². The third-order valence-electron chi connectivity index (χ3n) is 4.60. The molecule has 0 bridgehead atoms. The molecule has 2 rings (SSSR count). The van der Waals surface area contributed by atoms with Gasteiger partial charge in [-0.15, -0.1) is 0 Å². The van der Waals surface area contributed by atoms with Crippen LogP contribution in [-0.2, 0) is 16.6 Å². The quantitative estimate of drug-likeness (QED) is 0.868. The van der Waals surface area contributed by atoms with Gasteiger partial charge in [0.25, 0.3) is 0 Å². The van der Waals surface area contributed by atoms with Crippen molar-refractivity contribution in [3.8, 4) is 0 Å². The Morgan fingerprint density at radius 2 is 2.17 bits per heavy atom. The third kappa shape index (κ3) is 2.32. The Bertz CT molecular complexity index is 388. The molecule has 0 aliphatic heterocycles. The van der Waals surface area contributed by atoms with E-state index in [0.29, 0.717) is 5.92 Å². The average molecular weight is 248 g/mol. The molecule has 0 radical (unpaired) electrons. The maximum absolute atomic E-state index is 10.0. The van der Waals surface area contributed by atoms with E-state index in [9.17, 15) is 5.11 Å². The van der Waals surface area contributed by atoms with Crippen LogP contribution in [0.25, 0.3) is 0 Å². The molecule has 0 saturated carbocycles. The van der Waals surface area contributed by atoms with Gasteiger partial charge in [0.05, 0.1) is 6.61 Å². The fourth-order valence-corrected chi connectivity index (χ4v) is 3.36. The second-order valence-corrected chi connectivity index (χ2v) is 5.51. The van der Waals surface area contributed by atoms with Crippen LogP contribution in [0.2, 0.25) is 0 Å². The van der Waals surface area contributed by atoms with Crippen molar-refractivity contribution in [1.29, 1.82) is 0 Å². The molecule has 2 heteroatoms. The molecule has 2 unspecified atom stereocenters. The van der Waals surface area contributed by atoms with Crippen LogP contribution in [0.15, 0.2) is 24.3 Å². The first kappa shape index (κ1) is 13.6. The lowest BCUT2D eigenvalue weighted by Crippen LogP contribution is -2.41. The van der Waals surface area contributed by atoms with Crippen molar-refractivity contribution in [2.45, 2.75) is 38.0 Å². The van der Waals surface area contributed by atoms with E-state index in [0.717, 1.165) is 25.9 Å². The van der Waals surface area contributed by atoms with Crippen LogP contribution in [0.3, 0.4) is 0 Å². The van der Waals surface area contributed by atoms with Crippen LogP contribution < -0.4 is 0 Å². The minimum atomic E-state index is -0.0621. The Morgan fingerprint density at radius 1 is 1.39 bits per heavy atom. The van der Waals surface area contributed by atoms with E-state index in [4.69, 9.17) is 4.74 Å². The van der Waals surface area contributed by atoms with Gasteiger partial charge in [-0.1, -0.05) is 31.2 Å². The van der Waals surface area contributed by atoms with Gasteiger partial charge >= 0.3 is 0 Å². The zero-order valence-electron chi connectivity index (χ0n) is 11.5. The SMILES string of the molecule is COCCC(C)C1(CO)CCCc2ccccc21. The molecule has 2 nitrogen and oxygen atoms in total. The van der Waals surface area contributed by atoms with Gasteiger partial charge in [-0.25, -0.2) is 0 Å². The van der Waals surface area contributed by atoms with Crippen LogP contribution in [0.4, 0.5) is 0 Å². The third-order valence-corrected chi connectivity index (χ3v) is 4.60. The van der Waals surface area contributed by atoms with Gasteiger partial charge in [0.15, 0.2) is 0 Å². The molecule has 0 aromatic heterocycles. The molecule has 1 aromatic carbocycles. The molecule has 18 heavy (non-hydrogen) atoms. The number of aryl methyl sites for hydroxylation is 1. The summed E-state index contributed by atoms with van der Waals surface area (Å²) in [5.41, 5.74) is 2.72. The number of benzene rings is 1. The van der Waals surface area contributed by atoms with Crippen molar-refractivity contribution in [2.75, 3.05) is 20.3 Å². The Balaban J connectivity index is 2.32. The molecule has 0 spiro atoms. The number of aliphatic hydroxyl groups is 1. The van der Waals surface area contributed by atoms with Crippen molar-refractivity contribution in [3.63, 3.8) is 0 Å². The standard InChI is InChI=1S/C16H24O2/c1-13(9-11-18-2)16(12-17)10-5-7-14-6-3-4-8-15(14)16/h3-4,6,8,13,17H,5,7,9-12H2,1-2H3. The monoisotopic (exact) mass is 248 g/mol. The highest BCUT2D eigenvalue weighted by Gasteiger charge is 2.40. The lowest BCUT2D eigenvalue weighted by atomic mass is 9.63. The predicted octanol–water partition coefficient (Wildman–Crippen LogP) is 2.93. The van der Waals surface area contributed by atoms with Crippen LogP contribution >= 0.6 is 0 Å². The molecule has 0 amide bonds. The van der Waals surface area contributed by atoms with Crippen molar-refractivity contribution < 1.29 is 9.84 Å². The summed E-state index contributed by atoms with van der Waals surface area (Å²) in [4.78, 5) is 0. The maximum Gasteiger partial charge on any atom is 0.0530 e. The van der Waals surface area contributed by atoms with E-state index < -0.39 is 0 Å². The Kier molecular flexibility index (Phi) is 4.41. The molecule has 1 N–H and O–H groups in total. The van der Waals surface area contributed by atoms with Gasteiger partial charge in [-0.3, -0.25) is 0 Å². The first-order valence-corrected chi connectivity index (χ1v) is 6.93. The molecule has 1 aliphatic carbocycles. The van der Waals surface area contributed by atoms with Gasteiger partial charge in [0.2, 0.25) is 0 Å². The fraction of sp³-hybridized carbons (Fsp3) is 0.625. The first-order chi connectivity index (χ1) is 8.74. The molecule has 100 valence electrons. The Labute approximate surface area is 110 Å². The highest BCUT2D eigenvalue weighted by Crippen LogP contribution is 2.43. The zero-order chi connectivity index (χ0) is 13.0. The average Bonchev–Trinajstić information content (AvgIpc) is 2.44. The number of hydrogen-bond acceptors (Lipinski definition) is 2. The maximum atomic E-state index is 10.0. The molecular weight excluding hydrogens is 224 g/mol. The summed E-state index contributed by atoms with van der Waals surface area (Å²) in [7, 11) is 1.74. The topological polar surface area (TPSA) is 29.5 Å². The van der Waals surface area contributed by atoms with Crippen molar-refractivity contribution in [3.05, 3.63) is 35.4 Å². The second kappa shape index (κ2) is 5.85. The van der Waals surface area contributed by atoms with Gasteiger partial charge in [-0.2, -0.15) is 0 Å². The summed E-state index contributed by atoms with van der Waals surface area (Å²) < 4.78 is 5.20. The van der Waals surface area contributed by atoms with E-state index in [1.807, 2.05) is 0 Å². The normalized spacial score (nSPS) is 24.6. The van der Waals surface area contributed by atoms with Crippen LogP contribution in [0.1, 0.15) is 37.3 Å². The molecule has 1 aliphatic rings. The van der Waals surface area contributed by atoms with E-state index in [-0.39, 0.29) is 12.0 Å². The number of rotatable bonds is 5. The van der Waals surface area contributed by atoms with Gasteiger partial charge < -0.3 is 9.84 Å². The summed E-state index contributed by atoms with van der Waals surface area (Å²) in [6.45, 7) is 3.26. The molecule has 0 fully saturated rings. The van der Waals surface area contributed by atoms with E-state index in [1.54, 1.807) is 7.11 Å². The molecule has 1 aromatic rings. The van der Waals surface area contributed by atoms with Crippen molar-refractivity contribution in [1.82, 2.24) is 0 Å². The smallest absolute Gasteiger partial charge is 0.0530 e. The van der Waals surface area contributed by atoms with Gasteiger partial charge in [-0.05, 0) is 42.7 Å². The summed E-state index contributed by atoms with van der Waals surface area (Å²) in [6, 6.07) is 8.61. The van der Waals surface area contributed by atoms with Crippen LogP contribution in [-0.4, -0.2) is 25.4 Å². The van der Waals surface area contributed by atoms with Gasteiger partial charge in [0, 0.05) is 19.1 Å². The largest absolute Gasteiger partial charge is 0.395 e. The number of fused-ring (bicyclic) bond motifs is 1. The molecule has 0 heterocycles. The zero-order valence-corrected chi connectivity index (χ0v) is 11.5. The van der Waals surface area contributed by atoms with Crippen molar-refractivity contribution >= 4 is 0 Å². The minimum Gasteiger partial charge on any atom is -0.395 e. The van der Waals surface area contributed by atoms with E-state index in [1.165, 1.54) is 17.5 Å². The Morgan fingerprint density at radius 3 is 2.89 bits per heavy atom. The summed E-state index contributed by atoms with van der Waals surface area (Å²) in [5, 5.41) is 10.0. The number of methoxy groups -OCH3 is 1. The molecular formula is C16H24O2. The predicted molar refractivity (Wildman–Crippen MR) is 73.8 cm³/mol. The van der Waals surface area contributed by atoms with Crippen molar-refractivity contribution in [2.24, 2.45) is 5.92 Å². The number of hydrogen-bond donors (Lipinski definition) is 1. The number of aliphatic hydroxyl groups excluding tert-OH is 1. The van der Waals surface area contributed by atoms with Crippen LogP contribution in [0.5, 0.6) is 0 Å². The Hall–Kier alpha value is -0.860. The molecule has 0 saturated heterocycles. The first-order valence-electron chi connectivity index (χ1n) is 6.93. The van der Waals surface area contributed by atoms with Gasteiger partial charge in [0.1, 0.15) is 0 Å². The summed E-state index contributed by atoms with van der Waals surface area (Å²) in [6.07, 6.45) is 4.42. The summed E-state index contributed by atoms with van der Waals surface area (Å²) in [5.74, 6) is 0.448. The van der Waals surface area contributed by atoms with E-state index >= 15 is 0 Å². The lowest BCUT2D eigenvalue weighted by molar-refractivity contribution is 0.0952. The highest BCUT2D eigenvalue weighted by atomic mass is 16.5. The highest BCUT2D eigenvalue weighted by molar-refractivity contribution is 5.37. The molecule has 2 atom stereocenters. The van der Waals surface area contributed by atoms with Crippen LogP contribution in [0, 0.1) is 5.92 Å².